The maximum atomic E-state index is 12.3. The van der Waals surface area contributed by atoms with Gasteiger partial charge >= 0.3 is 0 Å². The summed E-state index contributed by atoms with van der Waals surface area (Å²) in [5, 5.41) is 4.89. The lowest BCUT2D eigenvalue weighted by Crippen LogP contribution is -2.14. The number of anilines is 1. The molecule has 1 aromatic heterocycles. The molecule has 4 nitrogen and oxygen atoms in total. The van der Waals surface area contributed by atoms with E-state index in [0.29, 0.717) is 17.2 Å². The minimum absolute atomic E-state index is 0.0836. The van der Waals surface area contributed by atoms with Crippen LogP contribution in [0.5, 0.6) is 5.75 Å². The first-order chi connectivity index (χ1) is 12.1. The van der Waals surface area contributed by atoms with Crippen molar-refractivity contribution in [3.8, 4) is 5.75 Å². The van der Waals surface area contributed by atoms with Crippen molar-refractivity contribution < 1.29 is 9.53 Å². The van der Waals surface area contributed by atoms with Crippen LogP contribution >= 0.6 is 11.8 Å². The number of hydrogen-bond acceptors (Lipinski definition) is 4. The first kappa shape index (κ1) is 17.3. The topological polar surface area (TPSA) is 51.2 Å². The molecular weight excluding hydrogens is 332 g/mol. The molecule has 25 heavy (non-hydrogen) atoms. The number of aromatic nitrogens is 1. The zero-order valence-electron chi connectivity index (χ0n) is 14.5. The molecule has 3 rings (SSSR count). The van der Waals surface area contributed by atoms with Gasteiger partial charge in [-0.1, -0.05) is 35.5 Å². The quantitative estimate of drug-likeness (QED) is 0.682. The van der Waals surface area contributed by atoms with Gasteiger partial charge in [0.2, 0.25) is 5.91 Å². The van der Waals surface area contributed by atoms with Gasteiger partial charge in [-0.2, -0.15) is 0 Å². The van der Waals surface area contributed by atoms with Gasteiger partial charge in [-0.25, -0.2) is 4.98 Å². The Morgan fingerprint density at radius 3 is 2.76 bits per heavy atom. The zero-order chi connectivity index (χ0) is 17.8. The van der Waals surface area contributed by atoms with Gasteiger partial charge in [-0.05, 0) is 49.7 Å². The number of para-hydroxylation sites is 2. The minimum atomic E-state index is -0.0836. The fraction of sp³-hybridized carbons (Fsp3) is 0.200. The molecular formula is C20H20N2O2S. The second-order valence-electron chi connectivity index (χ2n) is 5.84. The molecule has 3 aromatic rings. The molecule has 5 heteroatoms. The number of ether oxygens (including phenoxy) is 1. The fourth-order valence-electron chi connectivity index (χ4n) is 2.60. The summed E-state index contributed by atoms with van der Waals surface area (Å²) in [6.07, 6.45) is 0. The number of carbonyl (C=O) groups excluding carboxylic acids is 1. The number of pyridine rings is 1. The molecule has 0 atom stereocenters. The predicted molar refractivity (Wildman–Crippen MR) is 104 cm³/mol. The highest BCUT2D eigenvalue weighted by molar-refractivity contribution is 8.00. The lowest BCUT2D eigenvalue weighted by molar-refractivity contribution is -0.113. The zero-order valence-corrected chi connectivity index (χ0v) is 15.3. The molecule has 1 amide bonds. The summed E-state index contributed by atoms with van der Waals surface area (Å²) in [5.74, 6) is 0.861. The average Bonchev–Trinajstić information content (AvgIpc) is 2.60. The van der Waals surface area contributed by atoms with Crippen LogP contribution in [0.25, 0.3) is 10.9 Å². The second kappa shape index (κ2) is 7.57. The molecule has 1 N–H and O–H groups in total. The van der Waals surface area contributed by atoms with E-state index in [0.717, 1.165) is 21.5 Å². The Labute approximate surface area is 151 Å². The monoisotopic (exact) mass is 352 g/mol. The normalized spacial score (nSPS) is 10.7. The van der Waals surface area contributed by atoms with Gasteiger partial charge in [0.05, 0.1) is 24.1 Å². The Bertz CT molecular complexity index is 925. The van der Waals surface area contributed by atoms with Crippen molar-refractivity contribution >= 4 is 34.3 Å². The van der Waals surface area contributed by atoms with E-state index in [1.807, 2.05) is 43.3 Å². The van der Waals surface area contributed by atoms with Crippen LogP contribution in [0.15, 0.2) is 53.6 Å². The van der Waals surface area contributed by atoms with E-state index in [4.69, 9.17) is 4.74 Å². The summed E-state index contributed by atoms with van der Waals surface area (Å²) in [4.78, 5) is 16.9. The smallest absolute Gasteiger partial charge is 0.234 e. The molecule has 0 saturated heterocycles. The van der Waals surface area contributed by atoms with Crippen molar-refractivity contribution in [2.75, 3.05) is 18.2 Å². The Kier molecular flexibility index (Phi) is 5.24. The van der Waals surface area contributed by atoms with Gasteiger partial charge in [-0.3, -0.25) is 4.79 Å². The molecule has 0 aliphatic heterocycles. The SMILES string of the molecule is COc1ccccc1NC(=O)CSc1nc2ccc(C)cc2cc1C. The number of benzene rings is 2. The molecule has 0 aliphatic carbocycles. The highest BCUT2D eigenvalue weighted by Crippen LogP contribution is 2.26. The minimum Gasteiger partial charge on any atom is -0.495 e. The highest BCUT2D eigenvalue weighted by atomic mass is 32.2. The predicted octanol–water partition coefficient (Wildman–Crippen LogP) is 4.59. The highest BCUT2D eigenvalue weighted by Gasteiger charge is 2.10. The van der Waals surface area contributed by atoms with Crippen molar-refractivity contribution in [2.24, 2.45) is 0 Å². The number of aryl methyl sites for hydroxylation is 2. The maximum absolute atomic E-state index is 12.3. The van der Waals surface area contributed by atoms with Crippen LogP contribution in [-0.2, 0) is 4.79 Å². The molecule has 0 spiro atoms. The van der Waals surface area contributed by atoms with E-state index >= 15 is 0 Å². The Hall–Kier alpha value is -2.53. The van der Waals surface area contributed by atoms with E-state index in [-0.39, 0.29) is 5.91 Å². The van der Waals surface area contributed by atoms with Crippen molar-refractivity contribution in [3.05, 3.63) is 59.7 Å². The van der Waals surface area contributed by atoms with Crippen LogP contribution in [0.1, 0.15) is 11.1 Å². The Morgan fingerprint density at radius 1 is 1.16 bits per heavy atom. The molecule has 128 valence electrons. The van der Waals surface area contributed by atoms with Crippen LogP contribution in [0.3, 0.4) is 0 Å². The summed E-state index contributed by atoms with van der Waals surface area (Å²) in [6, 6.07) is 15.7. The summed E-state index contributed by atoms with van der Waals surface area (Å²) in [7, 11) is 1.59. The number of thioether (sulfide) groups is 1. The molecule has 2 aromatic carbocycles. The van der Waals surface area contributed by atoms with E-state index in [1.54, 1.807) is 7.11 Å². The van der Waals surface area contributed by atoms with E-state index in [1.165, 1.54) is 17.3 Å². The number of carbonyl (C=O) groups is 1. The number of fused-ring (bicyclic) bond motifs is 1. The summed E-state index contributed by atoms with van der Waals surface area (Å²) in [6.45, 7) is 4.09. The molecule has 0 saturated carbocycles. The third-order valence-corrected chi connectivity index (χ3v) is 4.93. The van der Waals surface area contributed by atoms with Crippen LogP contribution in [0, 0.1) is 13.8 Å². The molecule has 0 radical (unpaired) electrons. The van der Waals surface area contributed by atoms with Gasteiger partial charge in [0.15, 0.2) is 0 Å². The Balaban J connectivity index is 1.70. The number of hydrogen-bond donors (Lipinski definition) is 1. The van der Waals surface area contributed by atoms with E-state index < -0.39 is 0 Å². The number of nitrogens with zero attached hydrogens (tertiary/aromatic N) is 1. The van der Waals surface area contributed by atoms with Crippen LogP contribution < -0.4 is 10.1 Å². The van der Waals surface area contributed by atoms with Gasteiger partial charge in [-0.15, -0.1) is 0 Å². The average molecular weight is 352 g/mol. The number of amides is 1. The van der Waals surface area contributed by atoms with Crippen molar-refractivity contribution in [2.45, 2.75) is 18.9 Å². The summed E-state index contributed by atoms with van der Waals surface area (Å²) < 4.78 is 5.25. The van der Waals surface area contributed by atoms with Crippen LogP contribution in [0.2, 0.25) is 0 Å². The van der Waals surface area contributed by atoms with Crippen molar-refractivity contribution in [1.82, 2.24) is 4.98 Å². The molecule has 0 bridgehead atoms. The molecule has 0 unspecified atom stereocenters. The number of methoxy groups -OCH3 is 1. The van der Waals surface area contributed by atoms with E-state index in [9.17, 15) is 4.79 Å². The summed E-state index contributed by atoms with van der Waals surface area (Å²) >= 11 is 1.44. The van der Waals surface area contributed by atoms with Gasteiger partial charge in [0.25, 0.3) is 0 Å². The van der Waals surface area contributed by atoms with Crippen molar-refractivity contribution in [3.63, 3.8) is 0 Å². The summed E-state index contributed by atoms with van der Waals surface area (Å²) in [5.41, 5.74) is 3.91. The number of rotatable bonds is 5. The third-order valence-electron chi connectivity index (χ3n) is 3.84. The lowest BCUT2D eigenvalue weighted by Gasteiger charge is -2.10. The third kappa shape index (κ3) is 4.12. The number of nitrogens with one attached hydrogen (secondary N) is 1. The molecule has 0 fully saturated rings. The van der Waals surface area contributed by atoms with Gasteiger partial charge in [0.1, 0.15) is 10.8 Å². The maximum Gasteiger partial charge on any atom is 0.234 e. The first-order valence-electron chi connectivity index (χ1n) is 8.00. The fourth-order valence-corrected chi connectivity index (χ4v) is 3.39. The first-order valence-corrected chi connectivity index (χ1v) is 8.99. The Morgan fingerprint density at radius 2 is 1.96 bits per heavy atom. The molecule has 1 heterocycles. The van der Waals surface area contributed by atoms with Gasteiger partial charge in [0, 0.05) is 5.39 Å². The standard InChI is InChI=1S/C20H20N2O2S/c1-13-8-9-16-15(10-13)11-14(2)20(22-16)25-12-19(23)21-17-6-4-5-7-18(17)24-3/h4-11H,12H2,1-3H3,(H,21,23). The van der Waals surface area contributed by atoms with Crippen LogP contribution in [0.4, 0.5) is 5.69 Å². The van der Waals surface area contributed by atoms with Gasteiger partial charge < -0.3 is 10.1 Å². The van der Waals surface area contributed by atoms with Crippen molar-refractivity contribution in [1.29, 1.82) is 0 Å². The second-order valence-corrected chi connectivity index (χ2v) is 6.81. The largest absolute Gasteiger partial charge is 0.495 e. The molecule has 0 aliphatic rings. The lowest BCUT2D eigenvalue weighted by atomic mass is 10.1. The van der Waals surface area contributed by atoms with E-state index in [2.05, 4.69) is 29.4 Å². The van der Waals surface area contributed by atoms with Crippen LogP contribution in [-0.4, -0.2) is 23.8 Å².